The molecule has 168 valence electrons. The summed E-state index contributed by atoms with van der Waals surface area (Å²) in [6.45, 7) is 2.78. The van der Waals surface area contributed by atoms with E-state index in [9.17, 15) is 18.0 Å². The Morgan fingerprint density at radius 3 is 2.26 bits per heavy atom. The van der Waals surface area contributed by atoms with E-state index in [1.165, 1.54) is 50.7 Å². The molecule has 0 heterocycles. The third-order valence-electron chi connectivity index (χ3n) is 5.14. The van der Waals surface area contributed by atoms with Crippen LogP contribution in [0.3, 0.4) is 0 Å². The van der Waals surface area contributed by atoms with Crippen molar-refractivity contribution in [1.29, 1.82) is 0 Å². The van der Waals surface area contributed by atoms with Crippen molar-refractivity contribution in [1.82, 2.24) is 0 Å². The van der Waals surface area contributed by atoms with Crippen LogP contribution >= 0.6 is 0 Å². The molecule has 0 N–H and O–H groups in total. The molecule has 2 nitrogen and oxygen atoms in total. The molecule has 0 bridgehead atoms. The molecular weight excluding hydrogens is 401 g/mol. The first-order valence-corrected chi connectivity index (χ1v) is 11.0. The van der Waals surface area contributed by atoms with Crippen LogP contribution in [-0.4, -0.2) is 12.9 Å². The maximum atomic E-state index is 13.0. The van der Waals surface area contributed by atoms with Gasteiger partial charge in [-0.25, -0.2) is 0 Å². The zero-order chi connectivity index (χ0) is 22.5. The summed E-state index contributed by atoms with van der Waals surface area (Å²) in [4.78, 5) is 11.6. The van der Waals surface area contributed by atoms with Crippen LogP contribution in [-0.2, 0) is 11.0 Å². The van der Waals surface area contributed by atoms with Crippen LogP contribution in [0.1, 0.15) is 75.0 Å². The number of hydrogen-bond acceptors (Lipinski definition) is 2. The number of aldehydes is 1. The largest absolute Gasteiger partial charge is 0.493 e. The molecule has 0 aliphatic carbocycles. The first-order chi connectivity index (χ1) is 15.0. The number of allylic oxidation sites excluding steroid dienone is 1. The Labute approximate surface area is 183 Å². The van der Waals surface area contributed by atoms with E-state index in [4.69, 9.17) is 4.74 Å². The Hall–Kier alpha value is -2.56. The molecule has 5 heteroatoms. The maximum absolute atomic E-state index is 13.0. The maximum Gasteiger partial charge on any atom is 0.416 e. The molecule has 0 radical (unpaired) electrons. The van der Waals surface area contributed by atoms with Gasteiger partial charge in [0.1, 0.15) is 5.75 Å². The fraction of sp³-hybridized carbons (Fsp3) is 0.423. The van der Waals surface area contributed by atoms with Crippen LogP contribution in [0.5, 0.6) is 5.75 Å². The third-order valence-corrected chi connectivity index (χ3v) is 5.14. The van der Waals surface area contributed by atoms with Gasteiger partial charge in [0.05, 0.1) is 12.2 Å². The molecule has 0 fully saturated rings. The zero-order valence-corrected chi connectivity index (χ0v) is 18.1. The molecular formula is C26H31F3O2. The number of carbonyl (C=O) groups is 1. The number of alkyl halides is 3. The number of para-hydroxylation sites is 1. The van der Waals surface area contributed by atoms with Gasteiger partial charge in [-0.15, -0.1) is 0 Å². The average Bonchev–Trinajstić information content (AvgIpc) is 2.76. The Morgan fingerprint density at radius 1 is 0.903 bits per heavy atom. The number of hydrogen-bond donors (Lipinski definition) is 0. The summed E-state index contributed by atoms with van der Waals surface area (Å²) >= 11 is 0. The molecule has 0 aromatic heterocycles. The number of rotatable bonds is 13. The van der Waals surface area contributed by atoms with Crippen molar-refractivity contribution in [3.8, 4) is 5.75 Å². The van der Waals surface area contributed by atoms with E-state index in [-0.39, 0.29) is 11.1 Å². The first-order valence-electron chi connectivity index (χ1n) is 11.0. The lowest BCUT2D eigenvalue weighted by Crippen LogP contribution is -2.05. The first kappa shape index (κ1) is 24.7. The minimum atomic E-state index is -4.46. The van der Waals surface area contributed by atoms with Crippen molar-refractivity contribution < 1.29 is 22.7 Å². The molecule has 0 unspecified atom stereocenters. The summed E-state index contributed by atoms with van der Waals surface area (Å²) in [6.07, 6.45) is 7.33. The second-order valence-electron chi connectivity index (χ2n) is 7.66. The van der Waals surface area contributed by atoms with Gasteiger partial charge in [-0.05, 0) is 36.3 Å². The standard InChI is InChI=1S/C26H31F3O2/c1-2-3-4-5-6-7-8-11-17-31-25-16-10-9-13-22(25)18-23(20-30)21-14-12-15-24(19-21)26(27,28)29/h9-10,12-16,18-20H,2-8,11,17H2,1H3/b23-18+. The lowest BCUT2D eigenvalue weighted by Gasteiger charge is -2.11. The fourth-order valence-corrected chi connectivity index (χ4v) is 3.38. The van der Waals surface area contributed by atoms with Gasteiger partial charge in [0.25, 0.3) is 0 Å². The highest BCUT2D eigenvalue weighted by Gasteiger charge is 2.30. The Bertz CT molecular complexity index is 841. The number of carbonyl (C=O) groups excluding carboxylic acids is 1. The second kappa shape index (κ2) is 13.0. The summed E-state index contributed by atoms with van der Waals surface area (Å²) < 4.78 is 44.9. The van der Waals surface area contributed by atoms with Gasteiger partial charge in [-0.3, -0.25) is 4.79 Å². The normalized spacial score (nSPS) is 12.1. The Balaban J connectivity index is 1.99. The predicted molar refractivity (Wildman–Crippen MR) is 120 cm³/mol. The van der Waals surface area contributed by atoms with Crippen molar-refractivity contribution in [2.45, 2.75) is 64.5 Å². The van der Waals surface area contributed by atoms with Gasteiger partial charge in [-0.2, -0.15) is 13.2 Å². The minimum absolute atomic E-state index is 0.175. The van der Waals surface area contributed by atoms with Gasteiger partial charge in [-0.1, -0.05) is 82.2 Å². The van der Waals surface area contributed by atoms with Gasteiger partial charge >= 0.3 is 6.18 Å². The number of benzene rings is 2. The van der Waals surface area contributed by atoms with E-state index < -0.39 is 11.7 Å². The van der Waals surface area contributed by atoms with E-state index in [1.54, 1.807) is 12.1 Å². The molecule has 0 saturated carbocycles. The number of halogens is 3. The van der Waals surface area contributed by atoms with Gasteiger partial charge < -0.3 is 4.74 Å². The smallest absolute Gasteiger partial charge is 0.416 e. The molecule has 0 aliphatic rings. The predicted octanol–water partition coefficient (Wildman–Crippen LogP) is 7.96. The van der Waals surface area contributed by atoms with E-state index in [0.717, 1.165) is 25.0 Å². The summed E-state index contributed by atoms with van der Waals surface area (Å²) in [7, 11) is 0. The van der Waals surface area contributed by atoms with Gasteiger partial charge in [0, 0.05) is 11.1 Å². The highest BCUT2D eigenvalue weighted by molar-refractivity contribution is 6.13. The average molecular weight is 433 g/mol. The quantitative estimate of drug-likeness (QED) is 0.139. The van der Waals surface area contributed by atoms with Gasteiger partial charge in [0.15, 0.2) is 6.29 Å². The van der Waals surface area contributed by atoms with Crippen molar-refractivity contribution in [3.05, 3.63) is 65.2 Å². The van der Waals surface area contributed by atoms with Crippen molar-refractivity contribution >= 4 is 17.9 Å². The zero-order valence-electron chi connectivity index (χ0n) is 18.1. The summed E-state index contributed by atoms with van der Waals surface area (Å²) in [6, 6.07) is 12.0. The molecule has 0 amide bonds. The Morgan fingerprint density at radius 2 is 1.58 bits per heavy atom. The molecule has 2 aromatic rings. The molecule has 0 atom stereocenters. The number of unbranched alkanes of at least 4 members (excludes halogenated alkanes) is 7. The number of ether oxygens (including phenoxy) is 1. The summed E-state index contributed by atoms with van der Waals surface area (Å²) in [5.74, 6) is 0.622. The van der Waals surface area contributed by atoms with E-state index in [2.05, 4.69) is 6.92 Å². The molecule has 2 aromatic carbocycles. The van der Waals surface area contributed by atoms with E-state index in [1.807, 2.05) is 18.2 Å². The molecule has 0 aliphatic heterocycles. The van der Waals surface area contributed by atoms with Crippen molar-refractivity contribution in [2.24, 2.45) is 0 Å². The van der Waals surface area contributed by atoms with E-state index in [0.29, 0.717) is 24.2 Å². The summed E-state index contributed by atoms with van der Waals surface area (Å²) in [5.41, 5.74) is 0.287. The monoisotopic (exact) mass is 432 g/mol. The molecule has 31 heavy (non-hydrogen) atoms. The Kier molecular flexibility index (Phi) is 10.3. The van der Waals surface area contributed by atoms with Crippen LogP contribution in [0.4, 0.5) is 13.2 Å². The molecule has 0 saturated heterocycles. The lowest BCUT2D eigenvalue weighted by atomic mass is 10.0. The van der Waals surface area contributed by atoms with Crippen LogP contribution in [0, 0.1) is 0 Å². The second-order valence-corrected chi connectivity index (χ2v) is 7.66. The minimum Gasteiger partial charge on any atom is -0.493 e. The SMILES string of the molecule is CCCCCCCCCCOc1ccccc1/C=C(\C=O)c1cccc(C(F)(F)F)c1. The summed E-state index contributed by atoms with van der Waals surface area (Å²) in [5, 5.41) is 0. The van der Waals surface area contributed by atoms with Crippen molar-refractivity contribution in [2.75, 3.05) is 6.61 Å². The lowest BCUT2D eigenvalue weighted by molar-refractivity contribution is -0.137. The fourth-order valence-electron chi connectivity index (χ4n) is 3.38. The molecule has 2 rings (SSSR count). The van der Waals surface area contributed by atoms with Crippen LogP contribution in [0.2, 0.25) is 0 Å². The van der Waals surface area contributed by atoms with Crippen LogP contribution < -0.4 is 4.74 Å². The van der Waals surface area contributed by atoms with Gasteiger partial charge in [0.2, 0.25) is 0 Å². The molecule has 0 spiro atoms. The van der Waals surface area contributed by atoms with Crippen molar-refractivity contribution in [3.63, 3.8) is 0 Å². The van der Waals surface area contributed by atoms with Crippen LogP contribution in [0.25, 0.3) is 11.6 Å². The topological polar surface area (TPSA) is 26.3 Å². The highest BCUT2D eigenvalue weighted by atomic mass is 19.4. The highest BCUT2D eigenvalue weighted by Crippen LogP contribution is 2.31. The van der Waals surface area contributed by atoms with E-state index >= 15 is 0 Å². The third kappa shape index (κ3) is 8.60. The van der Waals surface area contributed by atoms with Crippen LogP contribution in [0.15, 0.2) is 48.5 Å².